The third-order valence-corrected chi connectivity index (χ3v) is 4.27. The van der Waals surface area contributed by atoms with E-state index in [4.69, 9.17) is 10.7 Å². The number of anilines is 2. The zero-order valence-corrected chi connectivity index (χ0v) is 14.1. The summed E-state index contributed by atoms with van der Waals surface area (Å²) in [6.07, 6.45) is 3.19. The summed E-state index contributed by atoms with van der Waals surface area (Å²) in [5, 5.41) is 3.63. The maximum atomic E-state index is 6.07. The lowest BCUT2D eigenvalue weighted by Crippen LogP contribution is -2.37. The van der Waals surface area contributed by atoms with E-state index in [1.165, 1.54) is 0 Å². The molecular weight excluding hydrogens is 248 g/mol. The second-order valence-corrected chi connectivity index (χ2v) is 6.62. The van der Waals surface area contributed by atoms with E-state index in [1.54, 1.807) is 0 Å². The molecule has 0 saturated heterocycles. The molecule has 3 N–H and O–H groups in total. The molecule has 1 aromatic heterocycles. The first-order valence-electron chi connectivity index (χ1n) is 7.62. The van der Waals surface area contributed by atoms with Gasteiger partial charge in [-0.25, -0.2) is 9.97 Å². The molecule has 114 valence electrons. The van der Waals surface area contributed by atoms with E-state index in [2.05, 4.69) is 51.8 Å². The van der Waals surface area contributed by atoms with Crippen LogP contribution in [0.2, 0.25) is 0 Å². The molecule has 0 fully saturated rings. The predicted molar refractivity (Wildman–Crippen MR) is 87.1 cm³/mol. The smallest absolute Gasteiger partial charge is 0.138 e. The number of rotatable bonds is 5. The Bertz CT molecular complexity index is 448. The van der Waals surface area contributed by atoms with Crippen molar-refractivity contribution in [3.05, 3.63) is 11.4 Å². The van der Waals surface area contributed by atoms with Crippen molar-refractivity contribution >= 4 is 11.6 Å². The molecular formula is C16H30N4. The van der Waals surface area contributed by atoms with Gasteiger partial charge in [-0.1, -0.05) is 41.5 Å². The molecule has 0 amide bonds. The highest BCUT2D eigenvalue weighted by Crippen LogP contribution is 2.30. The lowest BCUT2D eigenvalue weighted by Gasteiger charge is -2.33. The average molecular weight is 278 g/mol. The molecule has 0 radical (unpaired) electrons. The van der Waals surface area contributed by atoms with Gasteiger partial charge in [0.2, 0.25) is 0 Å². The molecule has 0 spiro atoms. The van der Waals surface area contributed by atoms with E-state index in [-0.39, 0.29) is 11.0 Å². The van der Waals surface area contributed by atoms with Gasteiger partial charge in [-0.3, -0.25) is 0 Å². The van der Waals surface area contributed by atoms with Gasteiger partial charge < -0.3 is 11.1 Å². The van der Waals surface area contributed by atoms with Gasteiger partial charge in [0.25, 0.3) is 0 Å². The highest BCUT2D eigenvalue weighted by Gasteiger charge is 2.27. The molecule has 0 unspecified atom stereocenters. The van der Waals surface area contributed by atoms with Gasteiger partial charge in [-0.15, -0.1) is 0 Å². The highest BCUT2D eigenvalue weighted by molar-refractivity contribution is 5.56. The Balaban J connectivity index is 3.27. The summed E-state index contributed by atoms with van der Waals surface area (Å²) in [6, 6.07) is 0. The number of hydrogen-bond acceptors (Lipinski definition) is 4. The molecule has 1 heterocycles. The molecule has 0 atom stereocenters. The third kappa shape index (κ3) is 3.41. The summed E-state index contributed by atoms with van der Waals surface area (Å²) < 4.78 is 0. The highest BCUT2D eigenvalue weighted by atomic mass is 15.1. The van der Waals surface area contributed by atoms with Crippen LogP contribution in [0.25, 0.3) is 0 Å². The first-order chi connectivity index (χ1) is 9.19. The molecule has 0 bridgehead atoms. The molecule has 0 aliphatic carbocycles. The zero-order valence-electron chi connectivity index (χ0n) is 14.1. The lowest BCUT2D eigenvalue weighted by atomic mass is 9.89. The Kier molecular flexibility index (Phi) is 5.00. The van der Waals surface area contributed by atoms with Crippen LogP contribution in [0.4, 0.5) is 11.6 Å². The molecule has 4 nitrogen and oxygen atoms in total. The SMILES string of the molecule is CCC(CC)(CC)Nc1nc(C(C)(C)C)nc(N)c1C. The lowest BCUT2D eigenvalue weighted by molar-refractivity contribution is 0.417. The summed E-state index contributed by atoms with van der Waals surface area (Å²) in [5.74, 6) is 2.25. The number of nitrogen functional groups attached to an aromatic ring is 1. The summed E-state index contributed by atoms with van der Waals surface area (Å²) in [5.41, 5.74) is 6.99. The number of hydrogen-bond donors (Lipinski definition) is 2. The third-order valence-electron chi connectivity index (χ3n) is 4.27. The first kappa shape index (κ1) is 16.7. The molecule has 0 aliphatic rings. The predicted octanol–water partition coefficient (Wildman–Crippen LogP) is 4.05. The van der Waals surface area contributed by atoms with Gasteiger partial charge in [-0.05, 0) is 26.2 Å². The number of aromatic nitrogens is 2. The number of nitrogens with two attached hydrogens (primary N) is 1. The van der Waals surface area contributed by atoms with Crippen LogP contribution in [0.15, 0.2) is 0 Å². The quantitative estimate of drug-likeness (QED) is 0.853. The molecule has 1 rings (SSSR count). The van der Waals surface area contributed by atoms with Crippen molar-refractivity contribution < 1.29 is 0 Å². The van der Waals surface area contributed by atoms with E-state index in [0.29, 0.717) is 5.82 Å². The summed E-state index contributed by atoms with van der Waals surface area (Å²) in [4.78, 5) is 9.17. The van der Waals surface area contributed by atoms with Crippen LogP contribution in [0.3, 0.4) is 0 Å². The van der Waals surface area contributed by atoms with E-state index in [0.717, 1.165) is 36.5 Å². The van der Waals surface area contributed by atoms with Crippen LogP contribution < -0.4 is 11.1 Å². The van der Waals surface area contributed by atoms with E-state index >= 15 is 0 Å². The van der Waals surface area contributed by atoms with E-state index < -0.39 is 0 Å². The maximum Gasteiger partial charge on any atom is 0.138 e. The van der Waals surface area contributed by atoms with Gasteiger partial charge in [0.1, 0.15) is 17.5 Å². The topological polar surface area (TPSA) is 63.8 Å². The van der Waals surface area contributed by atoms with Gasteiger partial charge in [0.05, 0.1) is 0 Å². The Morgan fingerprint density at radius 1 is 1.00 bits per heavy atom. The minimum Gasteiger partial charge on any atom is -0.383 e. The number of nitrogens with zero attached hydrogens (tertiary/aromatic N) is 2. The largest absolute Gasteiger partial charge is 0.383 e. The standard InChI is InChI=1S/C16H30N4/c1-8-16(9-2,10-3)20-13-11(4)12(17)18-14(19-13)15(5,6)7/h8-10H2,1-7H3,(H3,17,18,19,20). The minimum atomic E-state index is -0.106. The zero-order chi connectivity index (χ0) is 15.6. The van der Waals surface area contributed by atoms with Crippen LogP contribution in [-0.2, 0) is 5.41 Å². The van der Waals surface area contributed by atoms with Crippen molar-refractivity contribution in [3.8, 4) is 0 Å². The van der Waals surface area contributed by atoms with Gasteiger partial charge in [-0.2, -0.15) is 0 Å². The van der Waals surface area contributed by atoms with Crippen LogP contribution in [-0.4, -0.2) is 15.5 Å². The first-order valence-corrected chi connectivity index (χ1v) is 7.62. The fourth-order valence-electron chi connectivity index (χ4n) is 2.26. The Labute approximate surface area is 123 Å². The fraction of sp³-hybridized carbons (Fsp3) is 0.750. The molecule has 0 saturated carbocycles. The van der Waals surface area contributed by atoms with Crippen molar-refractivity contribution in [3.63, 3.8) is 0 Å². The normalized spacial score (nSPS) is 12.6. The Morgan fingerprint density at radius 2 is 1.50 bits per heavy atom. The van der Waals surface area contributed by atoms with Crippen molar-refractivity contribution in [1.82, 2.24) is 9.97 Å². The van der Waals surface area contributed by atoms with Crippen LogP contribution in [0, 0.1) is 6.92 Å². The van der Waals surface area contributed by atoms with Crippen molar-refractivity contribution in [1.29, 1.82) is 0 Å². The Morgan fingerprint density at radius 3 is 1.90 bits per heavy atom. The maximum absolute atomic E-state index is 6.07. The van der Waals surface area contributed by atoms with Crippen LogP contribution in [0.5, 0.6) is 0 Å². The second kappa shape index (κ2) is 5.98. The summed E-state index contributed by atoms with van der Waals surface area (Å²) in [6.45, 7) is 14.9. The fourth-order valence-corrected chi connectivity index (χ4v) is 2.26. The van der Waals surface area contributed by atoms with Gasteiger partial charge in [0, 0.05) is 16.5 Å². The minimum absolute atomic E-state index is 0.0840. The van der Waals surface area contributed by atoms with Crippen molar-refractivity contribution in [2.24, 2.45) is 0 Å². The summed E-state index contributed by atoms with van der Waals surface area (Å²) >= 11 is 0. The van der Waals surface area contributed by atoms with Crippen molar-refractivity contribution in [2.75, 3.05) is 11.1 Å². The van der Waals surface area contributed by atoms with E-state index in [9.17, 15) is 0 Å². The number of nitrogens with one attached hydrogen (secondary N) is 1. The second-order valence-electron chi connectivity index (χ2n) is 6.62. The van der Waals surface area contributed by atoms with Crippen LogP contribution >= 0.6 is 0 Å². The molecule has 20 heavy (non-hydrogen) atoms. The summed E-state index contributed by atoms with van der Waals surface area (Å²) in [7, 11) is 0. The molecule has 0 aromatic carbocycles. The van der Waals surface area contributed by atoms with Crippen molar-refractivity contribution in [2.45, 2.75) is 78.7 Å². The van der Waals surface area contributed by atoms with E-state index in [1.807, 2.05) is 6.92 Å². The molecule has 1 aromatic rings. The van der Waals surface area contributed by atoms with Crippen LogP contribution in [0.1, 0.15) is 72.2 Å². The molecule has 0 aliphatic heterocycles. The monoisotopic (exact) mass is 278 g/mol. The average Bonchev–Trinajstić information content (AvgIpc) is 2.39. The Hall–Kier alpha value is -1.32. The van der Waals surface area contributed by atoms with Gasteiger partial charge in [0.15, 0.2) is 0 Å². The molecule has 4 heteroatoms. The van der Waals surface area contributed by atoms with Gasteiger partial charge >= 0.3 is 0 Å².